The van der Waals surface area contributed by atoms with Crippen molar-refractivity contribution in [3.05, 3.63) is 10.7 Å². The fraction of sp³-hybridized carbons (Fsp3) is 0.800. The highest BCUT2D eigenvalue weighted by Crippen LogP contribution is 2.48. The molecule has 23 heavy (non-hydrogen) atoms. The van der Waals surface area contributed by atoms with Crippen LogP contribution in [0.2, 0.25) is 5.02 Å². The van der Waals surface area contributed by atoms with Crippen molar-refractivity contribution in [1.82, 2.24) is 19.4 Å². The van der Waals surface area contributed by atoms with E-state index in [1.54, 1.807) is 0 Å². The molecule has 0 bridgehead atoms. The van der Waals surface area contributed by atoms with Crippen molar-refractivity contribution in [1.29, 1.82) is 0 Å². The predicted molar refractivity (Wildman–Crippen MR) is 88.8 cm³/mol. The van der Waals surface area contributed by atoms with Crippen LogP contribution >= 0.6 is 11.6 Å². The van der Waals surface area contributed by atoms with Crippen molar-refractivity contribution in [2.75, 3.05) is 39.4 Å². The molecule has 1 aliphatic carbocycles. The van der Waals surface area contributed by atoms with Crippen LogP contribution in [0.25, 0.3) is 0 Å². The van der Waals surface area contributed by atoms with Crippen molar-refractivity contribution in [3.8, 4) is 0 Å². The van der Waals surface area contributed by atoms with E-state index in [4.69, 9.17) is 16.3 Å². The molecule has 8 heteroatoms. The van der Waals surface area contributed by atoms with Crippen LogP contribution in [-0.2, 0) is 15.7 Å². The number of H-pyrrole nitrogens is 1. The van der Waals surface area contributed by atoms with E-state index >= 15 is 0 Å². The number of hydrogen-bond acceptors (Lipinski definition) is 4. The van der Waals surface area contributed by atoms with Gasteiger partial charge in [0, 0.05) is 32.2 Å². The third-order valence-electron chi connectivity index (χ3n) is 5.50. The van der Waals surface area contributed by atoms with Gasteiger partial charge in [-0.05, 0) is 31.6 Å². The van der Waals surface area contributed by atoms with Crippen LogP contribution in [0.15, 0.2) is 5.03 Å². The molecule has 4 rings (SSSR count). The van der Waals surface area contributed by atoms with Gasteiger partial charge < -0.3 is 4.74 Å². The predicted octanol–water partition coefficient (Wildman–Crippen LogP) is 1.58. The minimum atomic E-state index is -1.24. The summed E-state index contributed by atoms with van der Waals surface area (Å²) in [6.07, 6.45) is 3.70. The molecule has 0 amide bonds. The second-order valence-electron chi connectivity index (χ2n) is 7.06. The third-order valence-corrected chi connectivity index (χ3v) is 7.43. The van der Waals surface area contributed by atoms with E-state index in [-0.39, 0.29) is 0 Å². The molecule has 1 spiro atoms. The highest BCUT2D eigenvalue weighted by Gasteiger charge is 2.51. The largest absolute Gasteiger partial charge is 0.379 e. The summed E-state index contributed by atoms with van der Waals surface area (Å²) in [7, 11) is -1.24. The van der Waals surface area contributed by atoms with Crippen LogP contribution in [0.5, 0.6) is 0 Å². The first kappa shape index (κ1) is 16.0. The Morgan fingerprint density at radius 2 is 2.13 bits per heavy atom. The summed E-state index contributed by atoms with van der Waals surface area (Å²) in [4.78, 5) is 2.58. The summed E-state index contributed by atoms with van der Waals surface area (Å²) in [5.74, 6) is 0. The number of aromatic amines is 1. The van der Waals surface area contributed by atoms with Crippen molar-refractivity contribution in [2.45, 2.75) is 37.3 Å². The average Bonchev–Trinajstić information content (AvgIpc) is 3.12. The van der Waals surface area contributed by atoms with E-state index in [0.717, 1.165) is 45.1 Å². The molecule has 1 N–H and O–H groups in total. The van der Waals surface area contributed by atoms with Crippen LogP contribution in [-0.4, -0.2) is 69.0 Å². The minimum absolute atomic E-state index is 0.344. The number of aryl methyl sites for hydroxylation is 1. The molecule has 0 aromatic carbocycles. The molecular weight excluding hydrogens is 336 g/mol. The van der Waals surface area contributed by atoms with Crippen molar-refractivity contribution in [2.24, 2.45) is 5.41 Å². The van der Waals surface area contributed by atoms with Crippen LogP contribution in [0.1, 0.15) is 25.0 Å². The molecule has 2 saturated heterocycles. The van der Waals surface area contributed by atoms with Gasteiger partial charge in [0.1, 0.15) is 11.0 Å². The first-order valence-electron chi connectivity index (χ1n) is 8.27. The fourth-order valence-electron chi connectivity index (χ4n) is 4.17. The lowest BCUT2D eigenvalue weighted by atomic mass is 9.80. The summed E-state index contributed by atoms with van der Waals surface area (Å²) in [6.45, 7) is 7.45. The normalized spacial score (nSPS) is 29.7. The molecule has 6 nitrogen and oxygen atoms in total. The van der Waals surface area contributed by atoms with E-state index in [2.05, 4.69) is 15.1 Å². The smallest absolute Gasteiger partial charge is 0.183 e. The number of morpholine rings is 1. The van der Waals surface area contributed by atoms with Crippen LogP contribution in [0, 0.1) is 12.3 Å². The molecule has 3 fully saturated rings. The van der Waals surface area contributed by atoms with Gasteiger partial charge in [0.2, 0.25) is 0 Å². The molecule has 2 unspecified atom stereocenters. The molecule has 3 aliphatic rings. The number of halogens is 1. The zero-order valence-corrected chi connectivity index (χ0v) is 15.0. The molecule has 3 heterocycles. The number of aromatic nitrogens is 2. The van der Waals surface area contributed by atoms with Crippen LogP contribution < -0.4 is 0 Å². The van der Waals surface area contributed by atoms with Gasteiger partial charge in [-0.2, -0.15) is 5.10 Å². The monoisotopic (exact) mass is 358 g/mol. The van der Waals surface area contributed by atoms with Crippen LogP contribution in [0.3, 0.4) is 0 Å². The van der Waals surface area contributed by atoms with E-state index in [1.807, 2.05) is 11.2 Å². The number of hydrogen-bond donors (Lipinski definition) is 1. The molecule has 2 atom stereocenters. The SMILES string of the molecule is Cc1[nH]nc(S(=O)N2CC3(CCC(N4CCOCC4)C3)C2)c1Cl. The topological polar surface area (TPSA) is 61.5 Å². The van der Waals surface area contributed by atoms with E-state index in [1.165, 1.54) is 19.3 Å². The second-order valence-corrected chi connectivity index (χ2v) is 8.84. The van der Waals surface area contributed by atoms with Crippen molar-refractivity contribution in [3.63, 3.8) is 0 Å². The Kier molecular flexibility index (Phi) is 4.26. The Morgan fingerprint density at radius 3 is 2.78 bits per heavy atom. The number of rotatable bonds is 3. The summed E-state index contributed by atoms with van der Waals surface area (Å²) in [5.41, 5.74) is 1.12. The molecule has 1 saturated carbocycles. The van der Waals surface area contributed by atoms with Gasteiger partial charge in [-0.3, -0.25) is 10.00 Å². The zero-order valence-electron chi connectivity index (χ0n) is 13.4. The highest BCUT2D eigenvalue weighted by molar-refractivity contribution is 7.82. The number of ether oxygens (including phenoxy) is 1. The summed E-state index contributed by atoms with van der Waals surface area (Å²) < 4.78 is 20.1. The average molecular weight is 359 g/mol. The lowest BCUT2D eigenvalue weighted by molar-refractivity contribution is 0.00862. The Labute approximate surface area is 144 Å². The number of nitrogens with one attached hydrogen (secondary N) is 1. The summed E-state index contributed by atoms with van der Waals surface area (Å²) in [5, 5.41) is 7.89. The fourth-order valence-corrected chi connectivity index (χ4v) is 5.91. The van der Waals surface area contributed by atoms with Gasteiger partial charge >= 0.3 is 0 Å². The zero-order chi connectivity index (χ0) is 16.0. The Balaban J connectivity index is 1.36. The minimum Gasteiger partial charge on any atom is -0.379 e. The molecular formula is C15H23ClN4O2S. The maximum atomic E-state index is 12.6. The highest BCUT2D eigenvalue weighted by atomic mass is 35.5. The molecule has 2 aliphatic heterocycles. The summed E-state index contributed by atoms with van der Waals surface area (Å²) in [6, 6.07) is 0.672. The van der Waals surface area contributed by atoms with Gasteiger partial charge in [-0.15, -0.1) is 0 Å². The first-order chi connectivity index (χ1) is 11.1. The molecule has 1 aromatic rings. The van der Waals surface area contributed by atoms with Gasteiger partial charge in [0.25, 0.3) is 0 Å². The van der Waals surface area contributed by atoms with Crippen molar-refractivity contribution >= 4 is 22.6 Å². The van der Waals surface area contributed by atoms with Gasteiger partial charge in [0.15, 0.2) is 5.03 Å². The van der Waals surface area contributed by atoms with Gasteiger partial charge in [-0.1, -0.05) is 11.6 Å². The lowest BCUT2D eigenvalue weighted by Gasteiger charge is -2.47. The van der Waals surface area contributed by atoms with Gasteiger partial charge in [0.05, 0.1) is 23.9 Å². The molecule has 0 radical (unpaired) electrons. The Bertz CT molecular complexity index is 611. The Morgan fingerprint density at radius 1 is 1.39 bits per heavy atom. The standard InChI is InChI=1S/C15H23ClN4O2S/c1-11-13(16)14(18-17-11)23(21)20-9-15(10-20)3-2-12(8-15)19-4-6-22-7-5-19/h12H,2-10H2,1H3,(H,17,18). The maximum Gasteiger partial charge on any atom is 0.183 e. The Hall–Kier alpha value is -0.470. The van der Waals surface area contributed by atoms with E-state index in [9.17, 15) is 4.21 Å². The van der Waals surface area contributed by atoms with Crippen LogP contribution in [0.4, 0.5) is 0 Å². The second kappa shape index (κ2) is 6.11. The summed E-state index contributed by atoms with van der Waals surface area (Å²) >= 11 is 6.17. The van der Waals surface area contributed by atoms with Crippen molar-refractivity contribution < 1.29 is 8.95 Å². The maximum absolute atomic E-state index is 12.6. The number of nitrogens with zero attached hydrogens (tertiary/aromatic N) is 3. The lowest BCUT2D eigenvalue weighted by Crippen LogP contribution is -2.56. The third kappa shape index (κ3) is 2.87. The van der Waals surface area contributed by atoms with E-state index < -0.39 is 11.0 Å². The first-order valence-corrected chi connectivity index (χ1v) is 9.76. The molecule has 1 aromatic heterocycles. The quantitative estimate of drug-likeness (QED) is 0.891. The van der Waals surface area contributed by atoms with E-state index in [0.29, 0.717) is 21.5 Å². The van der Waals surface area contributed by atoms with Gasteiger partial charge in [-0.25, -0.2) is 8.51 Å². The molecule has 128 valence electrons.